The average molecular weight is 484 g/mol. The number of aromatic nitrogens is 4. The molecule has 0 radical (unpaired) electrons. The number of anilines is 1. The number of nitrogens with two attached hydrogens (primary N) is 1. The normalized spacial score (nSPS) is 16.1. The molecular formula is C25H25N9O2. The van der Waals surface area contributed by atoms with Gasteiger partial charge in [0.15, 0.2) is 0 Å². The van der Waals surface area contributed by atoms with Crippen molar-refractivity contribution in [3.05, 3.63) is 72.3 Å². The fraction of sp³-hybridized carbons (Fsp3) is 0.200. The number of aliphatic imine (C=N–C) groups is 1. The number of H-pyrrole nitrogens is 1. The maximum atomic E-state index is 10.3. The number of benzene rings is 1. The molecule has 11 nitrogen and oxygen atoms in total. The monoisotopic (exact) mass is 483 g/mol. The summed E-state index contributed by atoms with van der Waals surface area (Å²) >= 11 is 0. The van der Waals surface area contributed by atoms with Crippen LogP contribution in [0.3, 0.4) is 0 Å². The summed E-state index contributed by atoms with van der Waals surface area (Å²) in [6.07, 6.45) is 9.19. The number of aliphatic hydroxyl groups excluding tert-OH is 2. The third-order valence-electron chi connectivity index (χ3n) is 6.03. The molecule has 5 rings (SSSR count). The van der Waals surface area contributed by atoms with E-state index in [0.717, 1.165) is 27.7 Å². The molecule has 182 valence electrons. The Bertz CT molecular complexity index is 1500. The van der Waals surface area contributed by atoms with Gasteiger partial charge in [-0.15, -0.1) is 0 Å². The first kappa shape index (κ1) is 23.3. The molecule has 1 aliphatic heterocycles. The number of fused-ring (bicyclic) bond motifs is 1. The van der Waals surface area contributed by atoms with Crippen LogP contribution in [0.1, 0.15) is 11.1 Å². The lowest BCUT2D eigenvalue weighted by Gasteiger charge is -2.38. The van der Waals surface area contributed by atoms with E-state index in [-0.39, 0.29) is 6.54 Å². The largest absolute Gasteiger partial charge is 0.394 e. The van der Waals surface area contributed by atoms with E-state index >= 15 is 0 Å². The minimum Gasteiger partial charge on any atom is -0.394 e. The molecule has 0 bridgehead atoms. The summed E-state index contributed by atoms with van der Waals surface area (Å²) < 4.78 is 1.74. The number of rotatable bonds is 7. The van der Waals surface area contributed by atoms with Gasteiger partial charge < -0.3 is 20.1 Å². The highest BCUT2D eigenvalue weighted by molar-refractivity contribution is 5.94. The minimum atomic E-state index is -1.01. The number of aryl methyl sites for hydroxylation is 1. The molecule has 11 heteroatoms. The zero-order valence-corrected chi connectivity index (χ0v) is 19.5. The minimum absolute atomic E-state index is 0.0853. The quantitative estimate of drug-likeness (QED) is 0.289. The van der Waals surface area contributed by atoms with Crippen molar-refractivity contribution >= 4 is 28.8 Å². The molecule has 0 amide bonds. The summed E-state index contributed by atoms with van der Waals surface area (Å²) in [6.45, 7) is -0.330. The van der Waals surface area contributed by atoms with Crippen LogP contribution in [0, 0.1) is 11.3 Å². The SMILES string of the molecule is Cn1cc(-c2cnc3[nH]cc(C4=CC(N(CC(O)CO)c5cccc(C#N)c5)N(N)C=N4)c3c2)cn1. The highest BCUT2D eigenvalue weighted by Gasteiger charge is 2.27. The molecule has 5 N–H and O–H groups in total. The molecule has 1 aromatic carbocycles. The molecule has 0 fully saturated rings. The number of pyridine rings is 1. The van der Waals surface area contributed by atoms with Crippen molar-refractivity contribution in [2.24, 2.45) is 17.9 Å². The standard InChI is InChI=1S/C25H25N9O2/c1-32-12-18(10-31-32)17-6-21-22(11-29-25(21)28-9-17)23-7-24(34(27)15-30-23)33(13-20(36)14-35)19-4-2-3-16(5-19)8-26/h2-7,9-12,15,20,24,35-36H,13-14,27H2,1H3,(H,28,29). The van der Waals surface area contributed by atoms with Gasteiger partial charge in [0.25, 0.3) is 0 Å². The van der Waals surface area contributed by atoms with E-state index in [0.29, 0.717) is 16.9 Å². The summed E-state index contributed by atoms with van der Waals surface area (Å²) in [7, 11) is 1.86. The van der Waals surface area contributed by atoms with Crippen molar-refractivity contribution in [2.75, 3.05) is 18.1 Å². The average Bonchev–Trinajstić information content (AvgIpc) is 3.53. The van der Waals surface area contributed by atoms with Gasteiger partial charge in [-0.05, 0) is 30.3 Å². The first-order valence-electron chi connectivity index (χ1n) is 11.3. The summed E-state index contributed by atoms with van der Waals surface area (Å²) in [6, 6.07) is 11.2. The Morgan fingerprint density at radius 2 is 2.14 bits per heavy atom. The van der Waals surface area contributed by atoms with Gasteiger partial charge >= 0.3 is 0 Å². The first-order valence-corrected chi connectivity index (χ1v) is 11.3. The zero-order chi connectivity index (χ0) is 25.2. The predicted molar refractivity (Wildman–Crippen MR) is 136 cm³/mol. The Balaban J connectivity index is 1.56. The fourth-order valence-electron chi connectivity index (χ4n) is 4.23. The first-order chi connectivity index (χ1) is 17.5. The van der Waals surface area contributed by atoms with Crippen LogP contribution >= 0.6 is 0 Å². The molecule has 0 saturated carbocycles. The molecule has 36 heavy (non-hydrogen) atoms. The van der Waals surface area contributed by atoms with E-state index in [4.69, 9.17) is 5.84 Å². The van der Waals surface area contributed by atoms with E-state index in [2.05, 4.69) is 26.1 Å². The number of nitrogens with zero attached hydrogens (tertiary/aromatic N) is 7. The Labute approximate surface area is 207 Å². The number of aromatic amines is 1. The summed E-state index contributed by atoms with van der Waals surface area (Å²) in [4.78, 5) is 14.1. The summed E-state index contributed by atoms with van der Waals surface area (Å²) in [5.74, 6) is 6.29. The second kappa shape index (κ2) is 9.63. The van der Waals surface area contributed by atoms with Gasteiger partial charge in [-0.25, -0.2) is 15.8 Å². The predicted octanol–water partition coefficient (Wildman–Crippen LogP) is 1.58. The van der Waals surface area contributed by atoms with Crippen LogP contribution in [0.15, 0.2) is 66.2 Å². The van der Waals surface area contributed by atoms with Crippen molar-refractivity contribution < 1.29 is 10.2 Å². The Hall–Kier alpha value is -4.50. The number of nitrogens with one attached hydrogen (secondary N) is 1. The Kier molecular flexibility index (Phi) is 6.22. The zero-order valence-electron chi connectivity index (χ0n) is 19.5. The number of aliphatic hydroxyl groups is 2. The number of hydrazine groups is 1. The van der Waals surface area contributed by atoms with Gasteiger partial charge in [0, 0.05) is 59.9 Å². The molecular weight excluding hydrogens is 458 g/mol. The lowest BCUT2D eigenvalue weighted by atomic mass is 10.1. The molecule has 1 aliphatic rings. The Morgan fingerprint density at radius 3 is 2.89 bits per heavy atom. The van der Waals surface area contributed by atoms with Crippen molar-refractivity contribution in [2.45, 2.75) is 12.3 Å². The molecule has 3 aromatic heterocycles. The van der Waals surface area contributed by atoms with Crippen LogP contribution in [0.2, 0.25) is 0 Å². The van der Waals surface area contributed by atoms with Crippen LogP contribution < -0.4 is 10.7 Å². The van der Waals surface area contributed by atoms with Crippen LogP contribution in [0.4, 0.5) is 5.69 Å². The molecule has 2 atom stereocenters. The lowest BCUT2D eigenvalue weighted by Crippen LogP contribution is -2.54. The number of nitriles is 1. The van der Waals surface area contributed by atoms with E-state index in [1.807, 2.05) is 42.6 Å². The van der Waals surface area contributed by atoms with Crippen LogP contribution in [-0.4, -0.2) is 66.7 Å². The summed E-state index contributed by atoms with van der Waals surface area (Å²) in [5.41, 5.74) is 5.24. The lowest BCUT2D eigenvalue weighted by molar-refractivity contribution is 0.0964. The smallest absolute Gasteiger partial charge is 0.139 e. The second-order valence-corrected chi connectivity index (χ2v) is 8.53. The van der Waals surface area contributed by atoms with Gasteiger partial charge in [0.05, 0.1) is 36.2 Å². The maximum Gasteiger partial charge on any atom is 0.139 e. The molecule has 4 aromatic rings. The highest BCUT2D eigenvalue weighted by atomic mass is 16.3. The van der Waals surface area contributed by atoms with Crippen molar-refractivity contribution in [1.29, 1.82) is 5.26 Å². The van der Waals surface area contributed by atoms with E-state index in [9.17, 15) is 15.5 Å². The number of hydrogen-bond acceptors (Lipinski definition) is 9. The third kappa shape index (κ3) is 4.44. The van der Waals surface area contributed by atoms with Gasteiger partial charge in [-0.3, -0.25) is 9.69 Å². The third-order valence-corrected chi connectivity index (χ3v) is 6.03. The second-order valence-electron chi connectivity index (χ2n) is 8.53. The van der Waals surface area contributed by atoms with Crippen LogP contribution in [0.5, 0.6) is 0 Å². The van der Waals surface area contributed by atoms with Gasteiger partial charge in [0.1, 0.15) is 18.2 Å². The van der Waals surface area contributed by atoms with Gasteiger partial charge in [-0.1, -0.05) is 6.07 Å². The fourth-order valence-corrected chi connectivity index (χ4v) is 4.23. The van der Waals surface area contributed by atoms with Crippen molar-refractivity contribution in [3.8, 4) is 17.2 Å². The molecule has 0 aliphatic carbocycles. The van der Waals surface area contributed by atoms with E-state index in [1.165, 1.54) is 11.3 Å². The Morgan fingerprint density at radius 1 is 1.28 bits per heavy atom. The molecule has 0 saturated heterocycles. The van der Waals surface area contributed by atoms with E-state index < -0.39 is 18.9 Å². The maximum absolute atomic E-state index is 10.3. The van der Waals surface area contributed by atoms with Crippen molar-refractivity contribution in [1.82, 2.24) is 24.8 Å². The molecule has 2 unspecified atom stereocenters. The van der Waals surface area contributed by atoms with Crippen LogP contribution in [-0.2, 0) is 7.05 Å². The highest BCUT2D eigenvalue weighted by Crippen LogP contribution is 2.32. The van der Waals surface area contributed by atoms with Crippen LogP contribution in [0.25, 0.3) is 27.9 Å². The van der Waals surface area contributed by atoms with Gasteiger partial charge in [-0.2, -0.15) is 10.4 Å². The van der Waals surface area contributed by atoms with Gasteiger partial charge in [0.2, 0.25) is 0 Å². The molecule has 4 heterocycles. The number of hydrogen-bond donors (Lipinski definition) is 4. The van der Waals surface area contributed by atoms with Crippen molar-refractivity contribution in [3.63, 3.8) is 0 Å². The summed E-state index contributed by atoms with van der Waals surface area (Å²) in [5, 5.41) is 35.7. The topological polar surface area (TPSA) is 156 Å². The molecule has 0 spiro atoms. The van der Waals surface area contributed by atoms with E-state index in [1.54, 1.807) is 35.3 Å².